The van der Waals surface area contributed by atoms with E-state index in [1.807, 2.05) is 25.1 Å². The minimum atomic E-state index is -0.970. The van der Waals surface area contributed by atoms with E-state index >= 15 is 0 Å². The Hall–Kier alpha value is -0.870. The van der Waals surface area contributed by atoms with Gasteiger partial charge in [-0.2, -0.15) is 0 Å². The van der Waals surface area contributed by atoms with Crippen LogP contribution in [0.2, 0.25) is 0 Å². The fourth-order valence-corrected chi connectivity index (χ4v) is 1.93. The molecule has 14 heavy (non-hydrogen) atoms. The molecule has 0 radical (unpaired) electrons. The van der Waals surface area contributed by atoms with Gasteiger partial charge < -0.3 is 10.8 Å². The number of rotatable bonds is 3. The molecule has 0 saturated heterocycles. The van der Waals surface area contributed by atoms with Crippen LogP contribution in [0.5, 0.6) is 0 Å². The van der Waals surface area contributed by atoms with Crippen molar-refractivity contribution in [1.29, 1.82) is 0 Å². The van der Waals surface area contributed by atoms with Crippen LogP contribution in [0.15, 0.2) is 22.7 Å². The highest BCUT2D eigenvalue weighted by atomic mass is 79.9. The van der Waals surface area contributed by atoms with Crippen LogP contribution in [0.25, 0.3) is 0 Å². The van der Waals surface area contributed by atoms with Crippen molar-refractivity contribution in [2.24, 2.45) is 5.73 Å². The summed E-state index contributed by atoms with van der Waals surface area (Å²) in [7, 11) is 0. The highest BCUT2D eigenvalue weighted by molar-refractivity contribution is 9.10. The van der Waals surface area contributed by atoms with Crippen LogP contribution in [-0.4, -0.2) is 17.1 Å². The van der Waals surface area contributed by atoms with E-state index in [0.29, 0.717) is 6.42 Å². The maximum Gasteiger partial charge on any atom is 0.320 e. The first kappa shape index (κ1) is 11.2. The summed E-state index contributed by atoms with van der Waals surface area (Å²) in [5, 5.41) is 8.65. The summed E-state index contributed by atoms with van der Waals surface area (Å²) in [5.41, 5.74) is 7.46. The molecule has 0 heterocycles. The van der Waals surface area contributed by atoms with Crippen molar-refractivity contribution in [3.63, 3.8) is 0 Å². The predicted octanol–water partition coefficient (Wildman–Crippen LogP) is 1.71. The molecule has 0 saturated carbocycles. The van der Waals surface area contributed by atoms with Gasteiger partial charge in [0, 0.05) is 4.47 Å². The Kier molecular flexibility index (Phi) is 3.66. The number of hydrogen-bond donors (Lipinski definition) is 2. The summed E-state index contributed by atoms with van der Waals surface area (Å²) in [6.07, 6.45) is 0.357. The first-order valence-corrected chi connectivity index (χ1v) is 5.03. The minimum Gasteiger partial charge on any atom is -0.480 e. The lowest BCUT2D eigenvalue weighted by molar-refractivity contribution is -0.138. The molecule has 1 atom stereocenters. The molecule has 3 N–H and O–H groups in total. The van der Waals surface area contributed by atoms with Crippen LogP contribution in [0.3, 0.4) is 0 Å². The smallest absolute Gasteiger partial charge is 0.320 e. The van der Waals surface area contributed by atoms with Gasteiger partial charge in [0.1, 0.15) is 6.04 Å². The molecule has 3 nitrogen and oxygen atoms in total. The molecule has 76 valence electrons. The van der Waals surface area contributed by atoms with Crippen LogP contribution in [0, 0.1) is 6.92 Å². The van der Waals surface area contributed by atoms with Gasteiger partial charge in [-0.1, -0.05) is 22.0 Å². The number of aryl methyl sites for hydroxylation is 1. The maximum atomic E-state index is 10.5. The summed E-state index contributed by atoms with van der Waals surface area (Å²) >= 11 is 3.35. The van der Waals surface area contributed by atoms with Gasteiger partial charge in [-0.25, -0.2) is 0 Å². The Morgan fingerprint density at radius 2 is 2.21 bits per heavy atom. The van der Waals surface area contributed by atoms with E-state index in [-0.39, 0.29) is 0 Å². The fraction of sp³-hybridized carbons (Fsp3) is 0.300. The number of carboxylic acids is 1. The van der Waals surface area contributed by atoms with Crippen LogP contribution in [0.4, 0.5) is 0 Å². The van der Waals surface area contributed by atoms with Crippen molar-refractivity contribution >= 4 is 21.9 Å². The molecule has 0 aliphatic carbocycles. The van der Waals surface area contributed by atoms with Gasteiger partial charge in [-0.3, -0.25) is 4.79 Å². The van der Waals surface area contributed by atoms with Crippen LogP contribution in [-0.2, 0) is 11.2 Å². The summed E-state index contributed by atoms with van der Waals surface area (Å²) < 4.78 is 0.949. The van der Waals surface area contributed by atoms with E-state index in [1.165, 1.54) is 0 Å². The van der Waals surface area contributed by atoms with E-state index < -0.39 is 12.0 Å². The Morgan fingerprint density at radius 3 is 2.71 bits per heavy atom. The van der Waals surface area contributed by atoms with Gasteiger partial charge in [-0.15, -0.1) is 0 Å². The lowest BCUT2D eigenvalue weighted by Crippen LogP contribution is -2.32. The van der Waals surface area contributed by atoms with E-state index in [0.717, 1.165) is 15.6 Å². The van der Waals surface area contributed by atoms with Crippen molar-refractivity contribution in [3.05, 3.63) is 33.8 Å². The minimum absolute atomic E-state index is 0.357. The Bertz CT molecular complexity index is 332. The Morgan fingerprint density at radius 1 is 1.57 bits per heavy atom. The zero-order valence-electron chi connectivity index (χ0n) is 7.83. The molecule has 1 unspecified atom stereocenters. The fourth-order valence-electron chi connectivity index (χ4n) is 1.27. The molecule has 1 aromatic carbocycles. The zero-order chi connectivity index (χ0) is 10.7. The van der Waals surface area contributed by atoms with E-state index in [1.54, 1.807) is 0 Å². The monoisotopic (exact) mass is 257 g/mol. The lowest BCUT2D eigenvalue weighted by Gasteiger charge is -2.07. The van der Waals surface area contributed by atoms with Crippen molar-refractivity contribution in [2.45, 2.75) is 19.4 Å². The average Bonchev–Trinajstić information content (AvgIpc) is 2.01. The molecule has 0 spiro atoms. The van der Waals surface area contributed by atoms with Gasteiger partial charge in [-0.05, 0) is 36.6 Å². The third-order valence-corrected chi connectivity index (χ3v) is 2.33. The SMILES string of the molecule is Cc1cc(Br)cc(CC(N)C(=O)O)c1. The third-order valence-electron chi connectivity index (χ3n) is 1.87. The number of carbonyl (C=O) groups is 1. The summed E-state index contributed by atoms with van der Waals surface area (Å²) in [6.45, 7) is 1.96. The Labute approximate surface area is 91.1 Å². The number of aliphatic carboxylic acids is 1. The lowest BCUT2D eigenvalue weighted by atomic mass is 10.0. The predicted molar refractivity (Wildman–Crippen MR) is 58.2 cm³/mol. The first-order valence-electron chi connectivity index (χ1n) is 4.23. The summed E-state index contributed by atoms with van der Waals surface area (Å²) in [6, 6.07) is 4.96. The topological polar surface area (TPSA) is 63.3 Å². The second-order valence-corrected chi connectivity index (χ2v) is 4.20. The number of carboxylic acid groups (broad SMARTS) is 1. The standard InChI is InChI=1S/C10H12BrNO2/c1-6-2-7(4-8(11)3-6)5-9(12)10(13)14/h2-4,9H,5,12H2,1H3,(H,13,14). The molecule has 4 heteroatoms. The molecular formula is C10H12BrNO2. The van der Waals surface area contributed by atoms with Gasteiger partial charge in [0.15, 0.2) is 0 Å². The largest absolute Gasteiger partial charge is 0.480 e. The zero-order valence-corrected chi connectivity index (χ0v) is 9.41. The second-order valence-electron chi connectivity index (χ2n) is 3.29. The number of halogens is 1. The van der Waals surface area contributed by atoms with Crippen LogP contribution < -0.4 is 5.73 Å². The molecule has 1 aromatic rings. The van der Waals surface area contributed by atoms with Gasteiger partial charge >= 0.3 is 5.97 Å². The molecule has 0 fully saturated rings. The summed E-state index contributed by atoms with van der Waals surface area (Å²) in [4.78, 5) is 10.5. The average molecular weight is 258 g/mol. The third kappa shape index (κ3) is 3.12. The van der Waals surface area contributed by atoms with Crippen molar-refractivity contribution in [3.8, 4) is 0 Å². The molecule has 0 aromatic heterocycles. The van der Waals surface area contributed by atoms with Crippen LogP contribution in [0.1, 0.15) is 11.1 Å². The number of benzene rings is 1. The molecular weight excluding hydrogens is 246 g/mol. The number of hydrogen-bond acceptors (Lipinski definition) is 2. The second kappa shape index (κ2) is 4.57. The van der Waals surface area contributed by atoms with E-state index in [9.17, 15) is 4.79 Å². The number of nitrogens with two attached hydrogens (primary N) is 1. The molecule has 0 aliphatic heterocycles. The van der Waals surface area contributed by atoms with E-state index in [2.05, 4.69) is 15.9 Å². The molecule has 0 bridgehead atoms. The van der Waals surface area contributed by atoms with Crippen molar-refractivity contribution in [2.75, 3.05) is 0 Å². The molecule has 1 rings (SSSR count). The van der Waals surface area contributed by atoms with Crippen LogP contribution >= 0.6 is 15.9 Å². The quantitative estimate of drug-likeness (QED) is 0.867. The maximum absolute atomic E-state index is 10.5. The van der Waals surface area contributed by atoms with Gasteiger partial charge in [0.05, 0.1) is 0 Å². The molecule has 0 amide bonds. The van der Waals surface area contributed by atoms with Gasteiger partial charge in [0.2, 0.25) is 0 Å². The molecule has 0 aliphatic rings. The highest BCUT2D eigenvalue weighted by Crippen LogP contribution is 2.16. The van der Waals surface area contributed by atoms with Crippen molar-refractivity contribution < 1.29 is 9.90 Å². The summed E-state index contributed by atoms with van der Waals surface area (Å²) in [5.74, 6) is -0.970. The Balaban J connectivity index is 2.81. The van der Waals surface area contributed by atoms with Gasteiger partial charge in [0.25, 0.3) is 0 Å². The first-order chi connectivity index (χ1) is 6.49. The normalized spacial score (nSPS) is 12.5. The van der Waals surface area contributed by atoms with Crippen molar-refractivity contribution in [1.82, 2.24) is 0 Å². The highest BCUT2D eigenvalue weighted by Gasteiger charge is 2.12. The van der Waals surface area contributed by atoms with E-state index in [4.69, 9.17) is 10.8 Å².